The lowest BCUT2D eigenvalue weighted by molar-refractivity contribution is 0.0634. The first-order chi connectivity index (χ1) is 13.5. The first-order valence-corrected chi connectivity index (χ1v) is 9.99. The van der Waals surface area contributed by atoms with Crippen LogP contribution in [-0.4, -0.2) is 45.8 Å². The minimum Gasteiger partial charge on any atom is -0.497 e. The molecule has 1 aromatic carbocycles. The SMILES string of the molecule is COc1ccc2c(c1)c(C(=O)N1CCCC3(CCc4cn[nH]c43)C1)c(C)n2C. The summed E-state index contributed by atoms with van der Waals surface area (Å²) in [5, 5.41) is 8.45. The molecule has 0 saturated carbocycles. The Morgan fingerprint density at radius 2 is 2.18 bits per heavy atom. The lowest BCUT2D eigenvalue weighted by Gasteiger charge is -2.40. The molecule has 1 aliphatic heterocycles. The van der Waals surface area contributed by atoms with Gasteiger partial charge in [0.2, 0.25) is 0 Å². The highest BCUT2D eigenvalue weighted by molar-refractivity contribution is 6.08. The predicted molar refractivity (Wildman–Crippen MR) is 108 cm³/mol. The molecule has 3 heterocycles. The molecule has 1 saturated heterocycles. The van der Waals surface area contributed by atoms with E-state index < -0.39 is 0 Å². The molecular formula is C22H26N4O2. The number of rotatable bonds is 2. The third-order valence-electron chi connectivity index (χ3n) is 6.90. The van der Waals surface area contributed by atoms with Crippen LogP contribution in [0.2, 0.25) is 0 Å². The van der Waals surface area contributed by atoms with Crippen LogP contribution in [-0.2, 0) is 18.9 Å². The minimum absolute atomic E-state index is 0.0376. The Labute approximate surface area is 164 Å². The van der Waals surface area contributed by atoms with E-state index in [9.17, 15) is 4.79 Å². The van der Waals surface area contributed by atoms with E-state index in [1.807, 2.05) is 38.4 Å². The second-order valence-corrected chi connectivity index (χ2v) is 8.28. The summed E-state index contributed by atoms with van der Waals surface area (Å²) < 4.78 is 7.51. The van der Waals surface area contributed by atoms with Crippen molar-refractivity contribution in [2.45, 2.75) is 38.0 Å². The molecule has 1 spiro atoms. The van der Waals surface area contributed by atoms with Gasteiger partial charge in [-0.1, -0.05) is 0 Å². The summed E-state index contributed by atoms with van der Waals surface area (Å²) >= 11 is 0. The third kappa shape index (κ3) is 2.33. The normalized spacial score (nSPS) is 21.5. The number of nitrogens with one attached hydrogen (secondary N) is 1. The fourth-order valence-corrected chi connectivity index (χ4v) is 5.28. The number of fused-ring (bicyclic) bond motifs is 3. The Kier molecular flexibility index (Phi) is 3.79. The Hall–Kier alpha value is -2.76. The second kappa shape index (κ2) is 6.12. The zero-order valence-corrected chi connectivity index (χ0v) is 16.7. The molecule has 1 atom stereocenters. The molecule has 3 aromatic rings. The van der Waals surface area contributed by atoms with Gasteiger partial charge in [0.25, 0.3) is 5.91 Å². The van der Waals surface area contributed by atoms with E-state index in [2.05, 4.69) is 19.7 Å². The number of benzene rings is 1. The molecule has 2 aliphatic rings. The summed E-state index contributed by atoms with van der Waals surface area (Å²) in [6, 6.07) is 5.96. The van der Waals surface area contributed by atoms with Crippen molar-refractivity contribution in [3.63, 3.8) is 0 Å². The highest BCUT2D eigenvalue weighted by atomic mass is 16.5. The van der Waals surface area contributed by atoms with Crippen molar-refractivity contribution >= 4 is 16.8 Å². The van der Waals surface area contributed by atoms with E-state index in [4.69, 9.17) is 4.74 Å². The van der Waals surface area contributed by atoms with Crippen molar-refractivity contribution in [3.05, 3.63) is 46.9 Å². The number of aryl methyl sites for hydroxylation is 2. The Morgan fingerprint density at radius 3 is 3.00 bits per heavy atom. The molecule has 1 unspecified atom stereocenters. The Morgan fingerprint density at radius 1 is 1.32 bits per heavy atom. The molecule has 6 nitrogen and oxygen atoms in total. The van der Waals surface area contributed by atoms with Gasteiger partial charge in [-0.2, -0.15) is 5.10 Å². The van der Waals surface area contributed by atoms with Crippen LogP contribution in [0.3, 0.4) is 0 Å². The lowest BCUT2D eigenvalue weighted by atomic mass is 9.77. The minimum atomic E-state index is 0.0376. The maximum atomic E-state index is 13.7. The van der Waals surface area contributed by atoms with Crippen molar-refractivity contribution in [2.75, 3.05) is 20.2 Å². The van der Waals surface area contributed by atoms with E-state index >= 15 is 0 Å². The molecule has 0 radical (unpaired) electrons. The highest BCUT2D eigenvalue weighted by Crippen LogP contribution is 2.44. The summed E-state index contributed by atoms with van der Waals surface area (Å²) in [4.78, 5) is 15.7. The largest absolute Gasteiger partial charge is 0.497 e. The molecule has 1 amide bonds. The summed E-state index contributed by atoms with van der Waals surface area (Å²) in [6.45, 7) is 3.60. The van der Waals surface area contributed by atoms with Crippen molar-refractivity contribution in [2.24, 2.45) is 7.05 Å². The number of piperidine rings is 1. The van der Waals surface area contributed by atoms with Crippen LogP contribution in [0, 0.1) is 6.92 Å². The molecule has 1 aliphatic carbocycles. The smallest absolute Gasteiger partial charge is 0.256 e. The molecule has 28 heavy (non-hydrogen) atoms. The van der Waals surface area contributed by atoms with Gasteiger partial charge in [0, 0.05) is 47.8 Å². The number of ether oxygens (including phenoxy) is 1. The second-order valence-electron chi connectivity index (χ2n) is 8.28. The number of amides is 1. The summed E-state index contributed by atoms with van der Waals surface area (Å²) in [5.74, 6) is 0.906. The Bertz CT molecular complexity index is 1080. The molecular weight excluding hydrogens is 352 g/mol. The zero-order chi connectivity index (χ0) is 19.5. The summed E-state index contributed by atoms with van der Waals surface area (Å²) in [7, 11) is 3.68. The fraction of sp³-hybridized carbons (Fsp3) is 0.455. The number of hydrogen-bond donors (Lipinski definition) is 1. The van der Waals surface area contributed by atoms with Crippen molar-refractivity contribution in [1.29, 1.82) is 0 Å². The van der Waals surface area contributed by atoms with Gasteiger partial charge in [0.15, 0.2) is 0 Å². The Balaban J connectivity index is 1.54. The van der Waals surface area contributed by atoms with Gasteiger partial charge < -0.3 is 14.2 Å². The van der Waals surface area contributed by atoms with Gasteiger partial charge in [-0.3, -0.25) is 9.89 Å². The van der Waals surface area contributed by atoms with E-state index in [0.29, 0.717) is 0 Å². The average molecular weight is 378 g/mol. The van der Waals surface area contributed by atoms with Gasteiger partial charge >= 0.3 is 0 Å². The maximum absolute atomic E-state index is 13.7. The van der Waals surface area contributed by atoms with Crippen molar-refractivity contribution in [1.82, 2.24) is 19.7 Å². The van der Waals surface area contributed by atoms with Gasteiger partial charge in [0.1, 0.15) is 5.75 Å². The van der Waals surface area contributed by atoms with Crippen LogP contribution in [0.1, 0.15) is 46.6 Å². The summed E-state index contributed by atoms with van der Waals surface area (Å²) in [5.41, 5.74) is 5.47. The lowest BCUT2D eigenvalue weighted by Crippen LogP contribution is -2.48. The molecule has 1 N–H and O–H groups in total. The monoisotopic (exact) mass is 378 g/mol. The number of aromatic nitrogens is 3. The van der Waals surface area contributed by atoms with Crippen LogP contribution >= 0.6 is 0 Å². The standard InChI is InChI=1S/C22H26N4O2/c1-14-19(17-11-16(28-3)5-6-18(17)25(14)2)21(27)26-10-4-8-22(13-26)9-7-15-12-23-24-20(15)22/h5-6,11-12H,4,7-10,13H2,1-3H3,(H,23,24). The molecule has 1 fully saturated rings. The van der Waals surface area contributed by atoms with Gasteiger partial charge in [-0.15, -0.1) is 0 Å². The first kappa shape index (κ1) is 17.3. The van der Waals surface area contributed by atoms with Crippen LogP contribution in [0.25, 0.3) is 10.9 Å². The van der Waals surface area contributed by atoms with Crippen molar-refractivity contribution in [3.8, 4) is 5.75 Å². The van der Waals surface area contributed by atoms with Crippen LogP contribution in [0.4, 0.5) is 0 Å². The molecule has 146 valence electrons. The molecule has 2 aromatic heterocycles. The number of carbonyl (C=O) groups is 1. The van der Waals surface area contributed by atoms with Crippen molar-refractivity contribution < 1.29 is 9.53 Å². The topological polar surface area (TPSA) is 63.1 Å². The third-order valence-corrected chi connectivity index (χ3v) is 6.90. The predicted octanol–water partition coefficient (Wildman–Crippen LogP) is 3.34. The maximum Gasteiger partial charge on any atom is 0.256 e. The number of aromatic amines is 1. The van der Waals surface area contributed by atoms with Crippen LogP contribution in [0.15, 0.2) is 24.4 Å². The van der Waals surface area contributed by atoms with E-state index in [0.717, 1.165) is 66.7 Å². The van der Waals surface area contributed by atoms with E-state index in [1.165, 1.54) is 11.3 Å². The first-order valence-electron chi connectivity index (χ1n) is 9.99. The molecule has 6 heteroatoms. The fourth-order valence-electron chi connectivity index (χ4n) is 5.28. The van der Waals surface area contributed by atoms with Gasteiger partial charge in [-0.25, -0.2) is 0 Å². The zero-order valence-electron chi connectivity index (χ0n) is 16.7. The number of likely N-dealkylation sites (tertiary alicyclic amines) is 1. The van der Waals surface area contributed by atoms with Gasteiger partial charge in [0.05, 0.1) is 18.9 Å². The molecule has 0 bridgehead atoms. The summed E-state index contributed by atoms with van der Waals surface area (Å²) in [6.07, 6.45) is 6.25. The molecule has 5 rings (SSSR count). The number of nitrogens with zero attached hydrogens (tertiary/aromatic N) is 3. The average Bonchev–Trinajstić information content (AvgIpc) is 3.38. The highest BCUT2D eigenvalue weighted by Gasteiger charge is 2.45. The van der Waals surface area contributed by atoms with Gasteiger partial charge in [-0.05, 0) is 56.4 Å². The quantitative estimate of drug-likeness (QED) is 0.744. The number of methoxy groups -OCH3 is 1. The number of hydrogen-bond acceptors (Lipinski definition) is 3. The number of H-pyrrole nitrogens is 1. The van der Waals surface area contributed by atoms with Crippen LogP contribution < -0.4 is 4.74 Å². The van der Waals surface area contributed by atoms with Crippen LogP contribution in [0.5, 0.6) is 5.75 Å². The number of carbonyl (C=O) groups excluding carboxylic acids is 1. The van der Waals surface area contributed by atoms with E-state index in [1.54, 1.807) is 7.11 Å². The van der Waals surface area contributed by atoms with E-state index in [-0.39, 0.29) is 11.3 Å².